The van der Waals surface area contributed by atoms with Crippen molar-refractivity contribution >= 4 is 26.5 Å². The summed E-state index contributed by atoms with van der Waals surface area (Å²) in [5.74, 6) is 1.77. The first-order valence-electron chi connectivity index (χ1n) is 10.3. The fourth-order valence-corrected chi connectivity index (χ4v) is 9.93. The molecule has 3 heteroatoms. The Bertz CT molecular complexity index is 774. The average Bonchev–Trinajstić information content (AvgIpc) is 3.03. The Hall–Kier alpha value is -1.07. The summed E-state index contributed by atoms with van der Waals surface area (Å²) in [6.45, 7) is 24.1. The topological polar surface area (TPSA) is 9.23 Å². The van der Waals surface area contributed by atoms with Gasteiger partial charge in [-0.25, -0.2) is 0 Å². The Morgan fingerprint density at radius 1 is 1.00 bits per heavy atom. The maximum Gasteiger partial charge on any atom is 0.117 e. The van der Waals surface area contributed by atoms with Gasteiger partial charge in [0, 0.05) is 0 Å². The van der Waals surface area contributed by atoms with Crippen LogP contribution in [0.15, 0.2) is 35.1 Å². The number of methoxy groups -OCH3 is 1. The summed E-state index contributed by atoms with van der Waals surface area (Å²) in [6, 6.07) is 4.83. The third-order valence-electron chi connectivity index (χ3n) is 7.00. The molecular formula is C24H40OSi2. The van der Waals surface area contributed by atoms with Crippen molar-refractivity contribution in [3.63, 3.8) is 0 Å². The second kappa shape index (κ2) is 7.40. The lowest BCUT2D eigenvalue weighted by molar-refractivity contribution is 0.420. The number of aryl methyl sites for hydroxylation is 1. The van der Waals surface area contributed by atoms with Crippen molar-refractivity contribution in [3.8, 4) is 5.75 Å². The Morgan fingerprint density at radius 3 is 2.04 bits per heavy atom. The van der Waals surface area contributed by atoms with Crippen molar-refractivity contribution in [3.05, 3.63) is 40.6 Å². The van der Waals surface area contributed by atoms with E-state index in [9.17, 15) is 0 Å². The summed E-state index contributed by atoms with van der Waals surface area (Å²) in [4.78, 5) is 0. The van der Waals surface area contributed by atoms with Gasteiger partial charge >= 0.3 is 0 Å². The molecule has 150 valence electrons. The molecule has 1 aromatic rings. The molecule has 27 heavy (non-hydrogen) atoms. The van der Waals surface area contributed by atoms with Gasteiger partial charge in [0.15, 0.2) is 0 Å². The molecule has 0 heterocycles. The fraction of sp³-hybridized carbons (Fsp3) is 0.583. The highest BCUT2D eigenvalue weighted by Crippen LogP contribution is 2.39. The summed E-state index contributed by atoms with van der Waals surface area (Å²) >= 11 is 0. The second-order valence-electron chi connectivity index (χ2n) is 10.6. The first-order valence-corrected chi connectivity index (χ1v) is 16.3. The smallest absolute Gasteiger partial charge is 0.117 e. The van der Waals surface area contributed by atoms with Crippen LogP contribution in [-0.4, -0.2) is 23.3 Å². The largest absolute Gasteiger partial charge is 0.497 e. The first-order chi connectivity index (χ1) is 12.2. The van der Waals surface area contributed by atoms with Crippen LogP contribution in [-0.2, 0) is 0 Å². The highest BCUT2D eigenvalue weighted by molar-refractivity contribution is 6.98. The number of ether oxygens (including phenoxy) is 1. The molecule has 0 spiro atoms. The minimum absolute atomic E-state index is 0.286. The van der Waals surface area contributed by atoms with Gasteiger partial charge in [-0.2, -0.15) is 0 Å². The first kappa shape index (κ1) is 22.2. The SMILES string of the molecule is COc1c([Si](C)(C)C2=C(C(C)C)C=CC2)cc(C)cc1[Si](C)(C)C(C)(C)C. The van der Waals surface area contributed by atoms with Crippen molar-refractivity contribution in [1.82, 2.24) is 0 Å². The highest BCUT2D eigenvalue weighted by atomic mass is 28.3. The van der Waals surface area contributed by atoms with Gasteiger partial charge < -0.3 is 4.74 Å². The molecule has 0 unspecified atom stereocenters. The van der Waals surface area contributed by atoms with Crippen LogP contribution in [0.2, 0.25) is 31.2 Å². The van der Waals surface area contributed by atoms with Crippen LogP contribution in [0.5, 0.6) is 5.75 Å². The third kappa shape index (κ3) is 3.91. The number of hydrogen-bond donors (Lipinski definition) is 0. The predicted molar refractivity (Wildman–Crippen MR) is 127 cm³/mol. The normalized spacial score (nSPS) is 15.9. The van der Waals surface area contributed by atoms with Crippen molar-refractivity contribution < 1.29 is 4.74 Å². The van der Waals surface area contributed by atoms with Crippen LogP contribution in [0, 0.1) is 12.8 Å². The number of allylic oxidation sites excluding steroid dienone is 4. The van der Waals surface area contributed by atoms with Gasteiger partial charge in [-0.3, -0.25) is 0 Å². The maximum atomic E-state index is 6.18. The van der Waals surface area contributed by atoms with Crippen LogP contribution in [0.4, 0.5) is 0 Å². The Morgan fingerprint density at radius 2 is 1.56 bits per heavy atom. The van der Waals surface area contributed by atoms with E-state index >= 15 is 0 Å². The number of hydrogen-bond acceptors (Lipinski definition) is 1. The third-order valence-corrected chi connectivity index (χ3v) is 16.2. The van der Waals surface area contributed by atoms with Gasteiger partial charge in [0.2, 0.25) is 0 Å². The molecule has 2 rings (SSSR count). The molecule has 0 saturated heterocycles. The molecule has 0 amide bonds. The summed E-state index contributed by atoms with van der Waals surface area (Å²) in [6.07, 6.45) is 5.83. The maximum absolute atomic E-state index is 6.18. The Kier molecular flexibility index (Phi) is 6.09. The molecule has 0 fully saturated rings. The van der Waals surface area contributed by atoms with E-state index in [1.807, 2.05) is 7.11 Å². The van der Waals surface area contributed by atoms with Crippen LogP contribution >= 0.6 is 0 Å². The molecule has 1 aliphatic rings. The van der Waals surface area contributed by atoms with Crippen LogP contribution in [0.1, 0.15) is 46.6 Å². The molecule has 0 radical (unpaired) electrons. The minimum Gasteiger partial charge on any atom is -0.497 e. The minimum atomic E-state index is -1.82. The van der Waals surface area contributed by atoms with Gasteiger partial charge in [0.25, 0.3) is 0 Å². The molecule has 0 aromatic heterocycles. The molecule has 0 N–H and O–H groups in total. The van der Waals surface area contributed by atoms with E-state index in [4.69, 9.17) is 4.74 Å². The van der Waals surface area contributed by atoms with E-state index < -0.39 is 16.1 Å². The second-order valence-corrected chi connectivity index (χ2v) is 20.3. The molecular weight excluding hydrogens is 360 g/mol. The van der Waals surface area contributed by atoms with E-state index in [1.165, 1.54) is 21.7 Å². The summed E-state index contributed by atoms with van der Waals surface area (Å²) in [7, 11) is -1.65. The zero-order valence-electron chi connectivity index (χ0n) is 19.5. The van der Waals surface area contributed by atoms with Gasteiger partial charge in [-0.1, -0.05) is 95.9 Å². The Labute approximate surface area is 169 Å². The van der Waals surface area contributed by atoms with Gasteiger partial charge in [-0.15, -0.1) is 0 Å². The van der Waals surface area contributed by atoms with Crippen molar-refractivity contribution in [2.24, 2.45) is 5.92 Å². The molecule has 1 nitrogen and oxygen atoms in total. The number of benzene rings is 1. The zero-order chi connectivity index (χ0) is 20.8. The van der Waals surface area contributed by atoms with Gasteiger partial charge in [-0.05, 0) is 40.2 Å². The molecule has 0 saturated carbocycles. The summed E-state index contributed by atoms with van der Waals surface area (Å²) < 4.78 is 6.18. The summed E-state index contributed by atoms with van der Waals surface area (Å²) in [5.41, 5.74) is 2.94. The Balaban J connectivity index is 2.77. The monoisotopic (exact) mass is 400 g/mol. The lowest BCUT2D eigenvalue weighted by atomic mass is 10.1. The lowest BCUT2D eigenvalue weighted by Gasteiger charge is -2.40. The van der Waals surface area contributed by atoms with E-state index in [-0.39, 0.29) is 5.04 Å². The predicted octanol–water partition coefficient (Wildman–Crippen LogP) is 6.09. The van der Waals surface area contributed by atoms with E-state index in [2.05, 4.69) is 92.0 Å². The molecule has 0 aliphatic heterocycles. The average molecular weight is 401 g/mol. The van der Waals surface area contributed by atoms with Gasteiger partial charge in [0.05, 0.1) is 15.2 Å². The van der Waals surface area contributed by atoms with Gasteiger partial charge in [0.1, 0.15) is 13.8 Å². The molecule has 0 bridgehead atoms. The van der Waals surface area contributed by atoms with Crippen LogP contribution in [0.3, 0.4) is 0 Å². The van der Waals surface area contributed by atoms with Crippen LogP contribution in [0.25, 0.3) is 0 Å². The van der Waals surface area contributed by atoms with Crippen molar-refractivity contribution in [1.29, 1.82) is 0 Å². The number of rotatable bonds is 5. The summed E-state index contributed by atoms with van der Waals surface area (Å²) in [5, 5.41) is 4.95. The van der Waals surface area contributed by atoms with E-state index in [1.54, 1.807) is 10.8 Å². The van der Waals surface area contributed by atoms with Crippen LogP contribution < -0.4 is 15.1 Å². The zero-order valence-corrected chi connectivity index (χ0v) is 21.5. The van der Waals surface area contributed by atoms with E-state index in [0.717, 1.165) is 6.42 Å². The molecule has 1 aromatic carbocycles. The fourth-order valence-electron chi connectivity index (χ4n) is 4.17. The molecule has 0 atom stereocenters. The highest BCUT2D eigenvalue weighted by Gasteiger charge is 2.42. The van der Waals surface area contributed by atoms with Crippen molar-refractivity contribution in [2.45, 2.75) is 79.2 Å². The lowest BCUT2D eigenvalue weighted by Crippen LogP contribution is -2.54. The van der Waals surface area contributed by atoms with E-state index in [0.29, 0.717) is 5.92 Å². The molecule has 1 aliphatic carbocycles. The standard InChI is InChI=1S/C24H40OSi2/c1-17(2)19-13-12-14-20(19)26(8,9)21-15-18(3)16-22(23(21)25-7)27(10,11)24(4,5)6/h12-13,15-17H,14H2,1-11H3. The quantitative estimate of drug-likeness (QED) is 0.544. The van der Waals surface area contributed by atoms with Crippen molar-refractivity contribution in [2.75, 3.05) is 7.11 Å².